The van der Waals surface area contributed by atoms with Crippen LogP contribution in [0.3, 0.4) is 0 Å². The first-order chi connectivity index (χ1) is 9.25. The summed E-state index contributed by atoms with van der Waals surface area (Å²) in [5.74, 6) is 0.648. The number of hydrogen-bond acceptors (Lipinski definition) is 2. The van der Waals surface area contributed by atoms with Crippen LogP contribution in [0, 0.1) is 0 Å². The molecule has 4 heteroatoms. The highest BCUT2D eigenvalue weighted by Gasteiger charge is 2.07. The van der Waals surface area contributed by atoms with Crippen molar-refractivity contribution in [3.05, 3.63) is 58.7 Å². The molecule has 19 heavy (non-hydrogen) atoms. The lowest BCUT2D eigenvalue weighted by Gasteiger charge is -2.07. The third-order valence-corrected chi connectivity index (χ3v) is 3.66. The maximum absolute atomic E-state index is 9.66. The number of hydrogen-bond donors (Lipinski definition) is 2. The minimum Gasteiger partial charge on any atom is -0.504 e. The fraction of sp³-hybridized carbons (Fsp3) is 0.0667. The maximum atomic E-state index is 9.66. The number of fused-ring (bicyclic) bond motifs is 1. The molecule has 0 aliphatic heterocycles. The van der Waals surface area contributed by atoms with Gasteiger partial charge < -0.3 is 14.8 Å². The van der Waals surface area contributed by atoms with Gasteiger partial charge in [-0.3, -0.25) is 0 Å². The number of rotatable bonds is 3. The van der Waals surface area contributed by atoms with Gasteiger partial charge in [0.25, 0.3) is 0 Å². The Bertz CT molecular complexity index is 721. The van der Waals surface area contributed by atoms with E-state index in [1.807, 2.05) is 30.5 Å². The van der Waals surface area contributed by atoms with Crippen LogP contribution >= 0.6 is 15.9 Å². The van der Waals surface area contributed by atoms with Crippen LogP contribution in [0.1, 0.15) is 5.56 Å². The number of nitrogens with one attached hydrogen (secondary N) is 1. The van der Waals surface area contributed by atoms with Gasteiger partial charge in [-0.2, -0.15) is 0 Å². The Kier molecular flexibility index (Phi) is 3.17. The summed E-state index contributed by atoms with van der Waals surface area (Å²) in [4.78, 5) is 3.22. The SMILES string of the molecule is Oc1ccccc1OCc1c[nH]c2c(Br)cccc12. The summed E-state index contributed by atoms with van der Waals surface area (Å²) in [5, 5.41) is 10.8. The van der Waals surface area contributed by atoms with E-state index in [4.69, 9.17) is 4.74 Å². The highest BCUT2D eigenvalue weighted by molar-refractivity contribution is 9.10. The summed E-state index contributed by atoms with van der Waals surface area (Å²) in [6.07, 6.45) is 1.93. The number of para-hydroxylation sites is 3. The zero-order valence-corrected chi connectivity index (χ0v) is 11.6. The van der Waals surface area contributed by atoms with Crippen LogP contribution in [0.5, 0.6) is 11.5 Å². The van der Waals surface area contributed by atoms with Crippen molar-refractivity contribution in [3.63, 3.8) is 0 Å². The van der Waals surface area contributed by atoms with Crippen LogP contribution in [-0.2, 0) is 6.61 Å². The van der Waals surface area contributed by atoms with Crippen LogP contribution in [0.25, 0.3) is 10.9 Å². The second-order valence-electron chi connectivity index (χ2n) is 4.23. The van der Waals surface area contributed by atoms with Gasteiger partial charge in [-0.1, -0.05) is 24.3 Å². The largest absolute Gasteiger partial charge is 0.504 e. The van der Waals surface area contributed by atoms with Gasteiger partial charge in [-0.05, 0) is 34.1 Å². The van der Waals surface area contributed by atoms with Crippen molar-refractivity contribution in [2.75, 3.05) is 0 Å². The van der Waals surface area contributed by atoms with Gasteiger partial charge in [0.15, 0.2) is 11.5 Å². The van der Waals surface area contributed by atoms with Crippen LogP contribution in [-0.4, -0.2) is 10.1 Å². The molecule has 0 saturated carbocycles. The minimum absolute atomic E-state index is 0.156. The van der Waals surface area contributed by atoms with E-state index in [-0.39, 0.29) is 5.75 Å². The molecule has 96 valence electrons. The molecule has 0 unspecified atom stereocenters. The molecule has 0 fully saturated rings. The molecular weight excluding hydrogens is 306 g/mol. The fourth-order valence-corrected chi connectivity index (χ4v) is 2.51. The number of aromatic hydroxyl groups is 1. The van der Waals surface area contributed by atoms with E-state index >= 15 is 0 Å². The lowest BCUT2D eigenvalue weighted by atomic mass is 10.2. The number of benzene rings is 2. The van der Waals surface area contributed by atoms with Crippen LogP contribution in [0.4, 0.5) is 0 Å². The van der Waals surface area contributed by atoms with Gasteiger partial charge in [0, 0.05) is 21.6 Å². The van der Waals surface area contributed by atoms with Gasteiger partial charge in [0.2, 0.25) is 0 Å². The second-order valence-corrected chi connectivity index (χ2v) is 5.09. The van der Waals surface area contributed by atoms with Crippen molar-refractivity contribution in [1.82, 2.24) is 4.98 Å². The van der Waals surface area contributed by atoms with Gasteiger partial charge >= 0.3 is 0 Å². The van der Waals surface area contributed by atoms with E-state index in [1.165, 1.54) is 0 Å². The minimum atomic E-state index is 0.156. The summed E-state index contributed by atoms with van der Waals surface area (Å²) in [5.41, 5.74) is 2.11. The molecular formula is C15H12BrNO2. The lowest BCUT2D eigenvalue weighted by molar-refractivity contribution is 0.290. The molecule has 0 bridgehead atoms. The Labute approximate surface area is 119 Å². The second kappa shape index (κ2) is 4.97. The van der Waals surface area contributed by atoms with E-state index < -0.39 is 0 Å². The van der Waals surface area contributed by atoms with Gasteiger partial charge in [0.05, 0.1) is 5.52 Å². The van der Waals surface area contributed by atoms with Crippen molar-refractivity contribution in [2.24, 2.45) is 0 Å². The monoisotopic (exact) mass is 317 g/mol. The fourth-order valence-electron chi connectivity index (χ4n) is 2.03. The molecule has 1 heterocycles. The highest BCUT2D eigenvalue weighted by atomic mass is 79.9. The summed E-state index contributed by atoms with van der Waals surface area (Å²) in [6, 6.07) is 13.0. The number of halogens is 1. The zero-order chi connectivity index (χ0) is 13.2. The number of aromatic amines is 1. The normalized spacial score (nSPS) is 10.8. The Morgan fingerprint density at radius 3 is 2.79 bits per heavy atom. The van der Waals surface area contributed by atoms with Crippen LogP contribution in [0.15, 0.2) is 53.1 Å². The molecule has 0 saturated heterocycles. The quantitative estimate of drug-likeness (QED) is 0.759. The summed E-state index contributed by atoms with van der Waals surface area (Å²) in [7, 11) is 0. The third kappa shape index (κ3) is 2.31. The van der Waals surface area contributed by atoms with Crippen molar-refractivity contribution in [3.8, 4) is 11.5 Å². The summed E-state index contributed by atoms with van der Waals surface area (Å²) in [6.45, 7) is 0.411. The molecule has 1 aromatic heterocycles. The average Bonchev–Trinajstić information content (AvgIpc) is 2.83. The third-order valence-electron chi connectivity index (χ3n) is 3.00. The molecule has 0 aliphatic rings. The molecule has 3 nitrogen and oxygen atoms in total. The molecule has 0 amide bonds. The van der Waals surface area contributed by atoms with E-state index in [0.29, 0.717) is 12.4 Å². The number of phenolic OH excluding ortho intramolecular Hbond substituents is 1. The van der Waals surface area contributed by atoms with E-state index in [9.17, 15) is 5.11 Å². The van der Waals surface area contributed by atoms with Gasteiger partial charge in [-0.25, -0.2) is 0 Å². The summed E-state index contributed by atoms with van der Waals surface area (Å²) < 4.78 is 6.67. The van der Waals surface area contributed by atoms with Crippen LogP contribution in [0.2, 0.25) is 0 Å². The number of aromatic nitrogens is 1. The number of H-pyrrole nitrogens is 1. The van der Waals surface area contributed by atoms with E-state index in [0.717, 1.165) is 20.9 Å². The molecule has 2 aromatic carbocycles. The lowest BCUT2D eigenvalue weighted by Crippen LogP contribution is -1.94. The average molecular weight is 318 g/mol. The molecule has 0 atom stereocenters. The highest BCUT2D eigenvalue weighted by Crippen LogP contribution is 2.28. The van der Waals surface area contributed by atoms with Crippen molar-refractivity contribution in [2.45, 2.75) is 6.61 Å². The Morgan fingerprint density at radius 1 is 1.11 bits per heavy atom. The van der Waals surface area contributed by atoms with Crippen LogP contribution < -0.4 is 4.74 Å². The number of ether oxygens (including phenoxy) is 1. The molecule has 0 aliphatic carbocycles. The Hall–Kier alpha value is -1.94. The Balaban J connectivity index is 1.87. The number of phenols is 1. The predicted molar refractivity (Wildman–Crippen MR) is 78.4 cm³/mol. The zero-order valence-electron chi connectivity index (χ0n) is 10.1. The maximum Gasteiger partial charge on any atom is 0.161 e. The van der Waals surface area contributed by atoms with Crippen molar-refractivity contribution < 1.29 is 9.84 Å². The molecule has 3 aromatic rings. The van der Waals surface area contributed by atoms with Crippen molar-refractivity contribution >= 4 is 26.8 Å². The molecule has 0 spiro atoms. The topological polar surface area (TPSA) is 45.2 Å². The summed E-state index contributed by atoms with van der Waals surface area (Å²) >= 11 is 3.51. The predicted octanol–water partition coefficient (Wildman–Crippen LogP) is 4.22. The standard InChI is InChI=1S/C15H12BrNO2/c16-12-5-3-4-11-10(8-17-15(11)12)9-19-14-7-2-1-6-13(14)18/h1-8,17-18H,9H2. The van der Waals surface area contributed by atoms with Gasteiger partial charge in [0.1, 0.15) is 6.61 Å². The smallest absolute Gasteiger partial charge is 0.161 e. The molecule has 3 rings (SSSR count). The molecule has 2 N–H and O–H groups in total. The Morgan fingerprint density at radius 2 is 1.95 bits per heavy atom. The van der Waals surface area contributed by atoms with E-state index in [1.54, 1.807) is 18.2 Å². The first-order valence-electron chi connectivity index (χ1n) is 5.91. The first-order valence-corrected chi connectivity index (χ1v) is 6.70. The van der Waals surface area contributed by atoms with E-state index in [2.05, 4.69) is 20.9 Å². The molecule has 0 radical (unpaired) electrons. The first kappa shape index (κ1) is 12.1. The van der Waals surface area contributed by atoms with Crippen molar-refractivity contribution in [1.29, 1.82) is 0 Å². The van der Waals surface area contributed by atoms with Gasteiger partial charge in [-0.15, -0.1) is 0 Å².